The molecule has 112 valence electrons. The Morgan fingerprint density at radius 3 is 3.00 bits per heavy atom. The number of rotatable bonds is 4. The van der Waals surface area contributed by atoms with Gasteiger partial charge >= 0.3 is 0 Å². The lowest BCUT2D eigenvalue weighted by Crippen LogP contribution is -2.30. The van der Waals surface area contributed by atoms with Crippen LogP contribution in [0.15, 0.2) is 22.9 Å². The third-order valence-electron chi connectivity index (χ3n) is 3.97. The van der Waals surface area contributed by atoms with E-state index in [2.05, 4.69) is 10.3 Å². The lowest BCUT2D eigenvalue weighted by molar-refractivity contribution is 0.0707. The Hall–Kier alpha value is -2.11. The molecule has 1 fully saturated rings. The van der Waals surface area contributed by atoms with E-state index in [4.69, 9.17) is 4.52 Å². The largest absolute Gasteiger partial charge is 0.359 e. The van der Waals surface area contributed by atoms with Crippen molar-refractivity contribution in [2.75, 3.05) is 6.54 Å². The van der Waals surface area contributed by atoms with E-state index < -0.39 is 0 Å². The second-order valence-corrected chi connectivity index (χ2v) is 5.29. The van der Waals surface area contributed by atoms with Crippen LogP contribution in [0.1, 0.15) is 54.7 Å². The van der Waals surface area contributed by atoms with Gasteiger partial charge in [0.15, 0.2) is 5.76 Å². The average molecular weight is 288 g/mol. The topological polar surface area (TPSA) is 64.2 Å². The van der Waals surface area contributed by atoms with Crippen molar-refractivity contribution in [3.05, 3.63) is 35.5 Å². The molecule has 6 nitrogen and oxygen atoms in total. The van der Waals surface area contributed by atoms with Gasteiger partial charge < -0.3 is 9.42 Å². The van der Waals surface area contributed by atoms with Crippen molar-refractivity contribution in [1.29, 1.82) is 0 Å². The molecule has 1 atom stereocenters. The molecule has 1 aliphatic rings. The average Bonchev–Trinajstić information content (AvgIpc) is 3.23. The summed E-state index contributed by atoms with van der Waals surface area (Å²) in [5.41, 5.74) is 1.43. The third kappa shape index (κ3) is 2.57. The Morgan fingerprint density at radius 1 is 1.48 bits per heavy atom. The van der Waals surface area contributed by atoms with Crippen LogP contribution in [0.25, 0.3) is 0 Å². The number of aryl methyl sites for hydroxylation is 2. The lowest BCUT2D eigenvalue weighted by Gasteiger charge is -2.21. The van der Waals surface area contributed by atoms with Gasteiger partial charge in [-0.25, -0.2) is 0 Å². The van der Waals surface area contributed by atoms with E-state index in [1.165, 1.54) is 0 Å². The van der Waals surface area contributed by atoms with Gasteiger partial charge in [0.05, 0.1) is 11.7 Å². The van der Waals surface area contributed by atoms with Gasteiger partial charge in [-0.15, -0.1) is 0 Å². The first-order valence-electron chi connectivity index (χ1n) is 7.52. The Bertz CT molecular complexity index is 631. The molecule has 0 unspecified atom stereocenters. The number of amides is 1. The number of carbonyl (C=O) groups excluding carboxylic acids is 1. The van der Waals surface area contributed by atoms with Crippen LogP contribution in [0.4, 0.5) is 0 Å². The highest BCUT2D eigenvalue weighted by molar-refractivity contribution is 5.92. The number of nitrogens with zero attached hydrogens (tertiary/aromatic N) is 4. The molecule has 1 saturated heterocycles. The van der Waals surface area contributed by atoms with E-state index in [-0.39, 0.29) is 11.9 Å². The maximum atomic E-state index is 12.6. The van der Waals surface area contributed by atoms with Crippen molar-refractivity contribution in [3.63, 3.8) is 0 Å². The smallest absolute Gasteiger partial charge is 0.274 e. The zero-order chi connectivity index (χ0) is 14.8. The van der Waals surface area contributed by atoms with Crippen LogP contribution in [0.2, 0.25) is 0 Å². The number of likely N-dealkylation sites (tertiary alicyclic amines) is 1. The Labute approximate surface area is 123 Å². The van der Waals surface area contributed by atoms with Gasteiger partial charge in [-0.05, 0) is 32.3 Å². The van der Waals surface area contributed by atoms with Gasteiger partial charge in [-0.1, -0.05) is 12.1 Å². The number of aromatic nitrogens is 3. The van der Waals surface area contributed by atoms with E-state index in [9.17, 15) is 4.79 Å². The Morgan fingerprint density at radius 2 is 2.33 bits per heavy atom. The van der Waals surface area contributed by atoms with Gasteiger partial charge in [-0.2, -0.15) is 5.10 Å². The summed E-state index contributed by atoms with van der Waals surface area (Å²) in [5, 5.41) is 8.33. The summed E-state index contributed by atoms with van der Waals surface area (Å²) in [5.74, 6) is 0.756. The highest BCUT2D eigenvalue weighted by Gasteiger charge is 2.34. The molecule has 0 saturated carbocycles. The highest BCUT2D eigenvalue weighted by Crippen LogP contribution is 2.33. The summed E-state index contributed by atoms with van der Waals surface area (Å²) < 4.78 is 7.18. The zero-order valence-corrected chi connectivity index (χ0v) is 12.5. The fourth-order valence-corrected chi connectivity index (χ4v) is 2.76. The summed E-state index contributed by atoms with van der Waals surface area (Å²) in [6.07, 6.45) is 4.57. The van der Waals surface area contributed by atoms with E-state index in [0.717, 1.165) is 43.8 Å². The molecule has 6 heteroatoms. The summed E-state index contributed by atoms with van der Waals surface area (Å²) in [6.45, 7) is 5.54. The molecule has 2 aromatic heterocycles. The second-order valence-electron chi connectivity index (χ2n) is 5.29. The summed E-state index contributed by atoms with van der Waals surface area (Å²) in [4.78, 5) is 14.5. The normalized spacial score (nSPS) is 18.4. The van der Waals surface area contributed by atoms with Crippen molar-refractivity contribution in [2.45, 2.75) is 45.7 Å². The molecule has 3 heterocycles. The van der Waals surface area contributed by atoms with Crippen LogP contribution < -0.4 is 0 Å². The molecule has 21 heavy (non-hydrogen) atoms. The summed E-state index contributed by atoms with van der Waals surface area (Å²) in [6, 6.07) is 3.72. The first-order valence-corrected chi connectivity index (χ1v) is 7.52. The standard InChI is InChI=1S/C15H20N4O2/c1-3-11-10-14(21-17-11)13-6-5-8-19(13)15(20)12-7-9-18(4-2)16-12/h7,9-10,13H,3-6,8H2,1-2H3/t13-/m1/s1. The maximum absolute atomic E-state index is 12.6. The quantitative estimate of drug-likeness (QED) is 0.866. The van der Waals surface area contributed by atoms with Gasteiger partial charge in [0, 0.05) is 25.4 Å². The Balaban J connectivity index is 1.81. The van der Waals surface area contributed by atoms with Gasteiger partial charge in [0.2, 0.25) is 0 Å². The van der Waals surface area contributed by atoms with Crippen LogP contribution >= 0.6 is 0 Å². The molecule has 0 N–H and O–H groups in total. The molecule has 3 rings (SSSR count). The van der Waals surface area contributed by atoms with E-state index in [1.54, 1.807) is 10.7 Å². The molecule has 1 aliphatic heterocycles. The van der Waals surface area contributed by atoms with Crippen LogP contribution in [0.3, 0.4) is 0 Å². The number of hydrogen-bond acceptors (Lipinski definition) is 4. The molecular weight excluding hydrogens is 268 g/mol. The van der Waals surface area contributed by atoms with Crippen LogP contribution in [0, 0.1) is 0 Å². The second kappa shape index (κ2) is 5.71. The first kappa shape index (κ1) is 13.9. The highest BCUT2D eigenvalue weighted by atomic mass is 16.5. The number of hydrogen-bond donors (Lipinski definition) is 0. The van der Waals surface area contributed by atoms with E-state index in [0.29, 0.717) is 5.69 Å². The van der Waals surface area contributed by atoms with Crippen LogP contribution in [-0.2, 0) is 13.0 Å². The van der Waals surface area contributed by atoms with Crippen molar-refractivity contribution in [2.24, 2.45) is 0 Å². The Kier molecular flexibility index (Phi) is 3.77. The molecule has 0 aliphatic carbocycles. The third-order valence-corrected chi connectivity index (χ3v) is 3.97. The fourth-order valence-electron chi connectivity index (χ4n) is 2.76. The fraction of sp³-hybridized carbons (Fsp3) is 0.533. The molecule has 0 bridgehead atoms. The predicted molar refractivity (Wildman–Crippen MR) is 76.8 cm³/mol. The van der Waals surface area contributed by atoms with Crippen LogP contribution in [-0.4, -0.2) is 32.3 Å². The molecule has 0 aromatic carbocycles. The predicted octanol–water partition coefficient (Wildman–Crippen LogP) is 2.43. The minimum atomic E-state index is -0.0286. The molecular formula is C15H20N4O2. The molecule has 0 spiro atoms. The summed E-state index contributed by atoms with van der Waals surface area (Å²) in [7, 11) is 0. The molecule has 1 amide bonds. The minimum absolute atomic E-state index is 0.0166. The zero-order valence-electron chi connectivity index (χ0n) is 12.5. The van der Waals surface area contributed by atoms with Crippen molar-refractivity contribution in [1.82, 2.24) is 19.8 Å². The van der Waals surface area contributed by atoms with Crippen molar-refractivity contribution in [3.8, 4) is 0 Å². The summed E-state index contributed by atoms with van der Waals surface area (Å²) >= 11 is 0. The lowest BCUT2D eigenvalue weighted by atomic mass is 10.1. The minimum Gasteiger partial charge on any atom is -0.359 e. The van der Waals surface area contributed by atoms with Gasteiger partial charge in [-0.3, -0.25) is 9.48 Å². The molecule has 0 radical (unpaired) electrons. The van der Waals surface area contributed by atoms with Crippen LogP contribution in [0.5, 0.6) is 0 Å². The SMILES string of the molecule is CCc1cc([C@H]2CCCN2C(=O)c2ccn(CC)n2)on1. The van der Waals surface area contributed by atoms with E-state index in [1.807, 2.05) is 31.0 Å². The molecule has 2 aromatic rings. The monoisotopic (exact) mass is 288 g/mol. The first-order chi connectivity index (χ1) is 10.2. The number of carbonyl (C=O) groups is 1. The van der Waals surface area contributed by atoms with E-state index >= 15 is 0 Å². The van der Waals surface area contributed by atoms with Gasteiger partial charge in [0.25, 0.3) is 5.91 Å². The maximum Gasteiger partial charge on any atom is 0.274 e. The van der Waals surface area contributed by atoms with Crippen molar-refractivity contribution < 1.29 is 9.32 Å². The van der Waals surface area contributed by atoms with Gasteiger partial charge in [0.1, 0.15) is 5.69 Å². The van der Waals surface area contributed by atoms with Crippen molar-refractivity contribution >= 4 is 5.91 Å².